The molecule has 2 aliphatic rings. The third-order valence-electron chi connectivity index (χ3n) is 5.40. The molecule has 1 fully saturated rings. The van der Waals surface area contributed by atoms with E-state index in [4.69, 9.17) is 16.3 Å². The maximum atomic E-state index is 15.7. The van der Waals surface area contributed by atoms with E-state index < -0.39 is 5.82 Å². The lowest BCUT2D eigenvalue weighted by molar-refractivity contribution is 0.0629. The number of hydrogen-bond donors (Lipinski definition) is 1. The number of ether oxygens (including phenoxy) is 1. The summed E-state index contributed by atoms with van der Waals surface area (Å²) in [6.45, 7) is 5.50. The van der Waals surface area contributed by atoms with Crippen molar-refractivity contribution < 1.29 is 14.2 Å². The van der Waals surface area contributed by atoms with E-state index in [1.807, 2.05) is 6.07 Å². The Morgan fingerprint density at radius 1 is 1.29 bits per heavy atom. The first-order valence-electron chi connectivity index (χ1n) is 9.31. The summed E-state index contributed by atoms with van der Waals surface area (Å²) < 4.78 is 21.7. The van der Waals surface area contributed by atoms with E-state index in [0.29, 0.717) is 18.7 Å². The van der Waals surface area contributed by atoms with Crippen LogP contribution in [0.25, 0.3) is 11.1 Å². The number of halogens is 2. The number of phenolic OH excluding ortho intramolecular Hbond substituents is 1. The minimum absolute atomic E-state index is 0.0850. The average Bonchev–Trinajstić information content (AvgIpc) is 2.83. The van der Waals surface area contributed by atoms with Crippen LogP contribution in [0.5, 0.6) is 11.5 Å². The Bertz CT molecular complexity index is 962. The lowest BCUT2D eigenvalue weighted by Gasteiger charge is -2.38. The van der Waals surface area contributed by atoms with Gasteiger partial charge in [-0.1, -0.05) is 23.6 Å². The lowest BCUT2D eigenvalue weighted by atomic mass is 9.95. The van der Waals surface area contributed by atoms with E-state index in [0.717, 1.165) is 25.2 Å². The van der Waals surface area contributed by atoms with Crippen LogP contribution >= 0.6 is 11.6 Å². The molecule has 28 heavy (non-hydrogen) atoms. The summed E-state index contributed by atoms with van der Waals surface area (Å²) in [7, 11) is 2.09. The zero-order valence-electron chi connectivity index (χ0n) is 15.9. The molecule has 0 amide bonds. The van der Waals surface area contributed by atoms with Crippen molar-refractivity contribution in [2.75, 3.05) is 33.3 Å². The van der Waals surface area contributed by atoms with Crippen LogP contribution in [0.15, 0.2) is 24.3 Å². The molecule has 146 valence electrons. The van der Waals surface area contributed by atoms with Crippen molar-refractivity contribution in [1.29, 1.82) is 0 Å². The highest BCUT2D eigenvalue weighted by Gasteiger charge is 2.32. The molecular formula is C22H22ClFN2O2. The first kappa shape index (κ1) is 19.1. The van der Waals surface area contributed by atoms with Crippen molar-refractivity contribution in [3.63, 3.8) is 0 Å². The van der Waals surface area contributed by atoms with Crippen LogP contribution in [0.3, 0.4) is 0 Å². The number of phenols is 1. The molecule has 0 aromatic heterocycles. The summed E-state index contributed by atoms with van der Waals surface area (Å²) in [6, 6.07) is 6.82. The number of rotatable bonds is 1. The number of benzene rings is 2. The molecule has 0 radical (unpaired) electrons. The van der Waals surface area contributed by atoms with Crippen molar-refractivity contribution >= 4 is 11.6 Å². The second-order valence-corrected chi connectivity index (χ2v) is 7.72. The summed E-state index contributed by atoms with van der Waals surface area (Å²) in [5, 5.41) is 10.6. The number of likely N-dealkylation sites (N-methyl/N-ethyl adjacent to an activating group) is 1. The van der Waals surface area contributed by atoms with Crippen molar-refractivity contribution in [1.82, 2.24) is 9.80 Å². The fraction of sp³-hybridized carbons (Fsp3) is 0.364. The number of piperazine rings is 1. The molecular weight excluding hydrogens is 379 g/mol. The Labute approximate surface area is 169 Å². The zero-order valence-corrected chi connectivity index (χ0v) is 16.7. The summed E-state index contributed by atoms with van der Waals surface area (Å²) in [6.07, 6.45) is 0. The molecule has 0 bridgehead atoms. The van der Waals surface area contributed by atoms with Gasteiger partial charge in [0, 0.05) is 48.4 Å². The lowest BCUT2D eigenvalue weighted by Crippen LogP contribution is -2.52. The van der Waals surface area contributed by atoms with E-state index in [9.17, 15) is 5.11 Å². The second-order valence-electron chi connectivity index (χ2n) is 7.31. The molecule has 6 heteroatoms. The van der Waals surface area contributed by atoms with Crippen LogP contribution in [0.4, 0.5) is 4.39 Å². The first-order valence-corrected chi connectivity index (χ1v) is 9.68. The van der Waals surface area contributed by atoms with Crippen LogP contribution in [0, 0.1) is 17.7 Å². The Morgan fingerprint density at radius 3 is 2.86 bits per heavy atom. The van der Waals surface area contributed by atoms with Gasteiger partial charge in [-0.3, -0.25) is 4.90 Å². The Balaban J connectivity index is 1.88. The third kappa shape index (κ3) is 3.33. The predicted molar refractivity (Wildman–Crippen MR) is 108 cm³/mol. The van der Waals surface area contributed by atoms with Gasteiger partial charge in [0.2, 0.25) is 0 Å². The second kappa shape index (κ2) is 7.63. The Hall–Kier alpha value is -2.26. The molecule has 0 unspecified atom stereocenters. The van der Waals surface area contributed by atoms with Crippen molar-refractivity contribution in [2.45, 2.75) is 19.5 Å². The molecule has 2 aromatic carbocycles. The van der Waals surface area contributed by atoms with Crippen LogP contribution in [-0.4, -0.2) is 54.2 Å². The summed E-state index contributed by atoms with van der Waals surface area (Å²) in [5.41, 5.74) is 1.71. The minimum Gasteiger partial charge on any atom is -0.507 e. The molecule has 0 spiro atoms. The largest absolute Gasteiger partial charge is 0.507 e. The van der Waals surface area contributed by atoms with E-state index in [1.54, 1.807) is 19.1 Å². The van der Waals surface area contributed by atoms with Crippen LogP contribution < -0.4 is 4.74 Å². The third-order valence-corrected chi connectivity index (χ3v) is 5.72. The maximum absolute atomic E-state index is 15.7. The average molecular weight is 401 g/mol. The van der Waals surface area contributed by atoms with E-state index >= 15 is 4.39 Å². The van der Waals surface area contributed by atoms with Gasteiger partial charge in [-0.15, -0.1) is 5.92 Å². The van der Waals surface area contributed by atoms with Gasteiger partial charge in [-0.25, -0.2) is 4.39 Å². The minimum atomic E-state index is -0.521. The molecule has 2 aromatic rings. The summed E-state index contributed by atoms with van der Waals surface area (Å²) in [4.78, 5) is 4.60. The normalized spacial score (nSPS) is 19.6. The number of aromatic hydroxyl groups is 1. The standard InChI is InChI=1S/C22H22ClFN2O2/c1-3-5-14-10-15-11-26-9-8-25(2)12-16(26)13-28-22(15)21(24)19(14)20-17(23)6-4-7-18(20)27/h4,6-7,10,16,27H,8-9,11-13H2,1-2H3/t16-/m1/s1. The fourth-order valence-corrected chi connectivity index (χ4v) is 4.27. The van der Waals surface area contributed by atoms with Crippen molar-refractivity contribution in [2.24, 2.45) is 0 Å². The molecule has 0 aliphatic carbocycles. The maximum Gasteiger partial charge on any atom is 0.174 e. The molecule has 1 atom stereocenters. The topological polar surface area (TPSA) is 35.9 Å². The fourth-order valence-electron chi connectivity index (χ4n) is 4.01. The van der Waals surface area contributed by atoms with Crippen molar-refractivity contribution in [3.05, 3.63) is 46.2 Å². The van der Waals surface area contributed by atoms with Crippen LogP contribution in [-0.2, 0) is 6.54 Å². The van der Waals surface area contributed by atoms with Crippen LogP contribution in [0.1, 0.15) is 18.1 Å². The summed E-state index contributed by atoms with van der Waals surface area (Å²) in [5.74, 6) is 5.44. The molecule has 2 heterocycles. The van der Waals surface area contributed by atoms with E-state index in [-0.39, 0.29) is 33.7 Å². The predicted octanol–water partition coefficient (Wildman–Crippen LogP) is 3.73. The molecule has 2 aliphatic heterocycles. The van der Waals surface area contributed by atoms with Gasteiger partial charge in [0.05, 0.1) is 11.1 Å². The number of fused-ring (bicyclic) bond motifs is 2. The van der Waals surface area contributed by atoms with Gasteiger partial charge >= 0.3 is 0 Å². The van der Waals surface area contributed by atoms with Gasteiger partial charge in [0.1, 0.15) is 12.4 Å². The van der Waals surface area contributed by atoms with Crippen molar-refractivity contribution in [3.8, 4) is 34.5 Å². The molecule has 4 nitrogen and oxygen atoms in total. The van der Waals surface area contributed by atoms with Gasteiger partial charge in [-0.2, -0.15) is 0 Å². The SMILES string of the molecule is CC#Cc1cc2c(c(F)c1-c1c(O)cccc1Cl)OC[C@H]1CN(C)CCN1C2. The molecule has 4 rings (SSSR count). The highest BCUT2D eigenvalue weighted by Crippen LogP contribution is 2.43. The number of hydrogen-bond acceptors (Lipinski definition) is 4. The van der Waals surface area contributed by atoms with Gasteiger partial charge in [0.25, 0.3) is 0 Å². The monoisotopic (exact) mass is 400 g/mol. The van der Waals surface area contributed by atoms with Crippen LogP contribution in [0.2, 0.25) is 5.02 Å². The molecule has 1 N–H and O–H groups in total. The molecule has 1 saturated heterocycles. The van der Waals surface area contributed by atoms with E-state index in [2.05, 4.69) is 28.7 Å². The quantitative estimate of drug-likeness (QED) is 0.740. The Morgan fingerprint density at radius 2 is 2.11 bits per heavy atom. The Kier molecular flexibility index (Phi) is 5.20. The molecule has 0 saturated carbocycles. The number of nitrogens with zero attached hydrogens (tertiary/aromatic N) is 2. The zero-order chi connectivity index (χ0) is 19.8. The summed E-state index contributed by atoms with van der Waals surface area (Å²) >= 11 is 6.31. The highest BCUT2D eigenvalue weighted by atomic mass is 35.5. The van der Waals surface area contributed by atoms with Gasteiger partial charge in [0.15, 0.2) is 11.6 Å². The van der Waals surface area contributed by atoms with E-state index in [1.165, 1.54) is 6.07 Å². The van der Waals surface area contributed by atoms with Gasteiger partial charge in [-0.05, 0) is 32.2 Å². The first-order chi connectivity index (χ1) is 13.5. The van der Waals surface area contributed by atoms with Gasteiger partial charge < -0.3 is 14.7 Å². The highest BCUT2D eigenvalue weighted by molar-refractivity contribution is 6.33. The smallest absolute Gasteiger partial charge is 0.174 e.